The highest BCUT2D eigenvalue weighted by Crippen LogP contribution is 2.34. The third kappa shape index (κ3) is 4.83. The summed E-state index contributed by atoms with van der Waals surface area (Å²) < 4.78 is 6.38. The highest BCUT2D eigenvalue weighted by atomic mass is 32.1. The Bertz CT molecular complexity index is 1050. The third-order valence-corrected chi connectivity index (χ3v) is 7.73. The predicted molar refractivity (Wildman–Crippen MR) is 126 cm³/mol. The van der Waals surface area contributed by atoms with E-state index in [1.165, 1.54) is 11.3 Å². The van der Waals surface area contributed by atoms with E-state index >= 15 is 0 Å². The molecule has 1 N–H and O–H groups in total. The lowest BCUT2D eigenvalue weighted by atomic mass is 10.0. The van der Waals surface area contributed by atoms with Gasteiger partial charge >= 0.3 is 0 Å². The van der Waals surface area contributed by atoms with Crippen molar-refractivity contribution >= 4 is 49.1 Å². The van der Waals surface area contributed by atoms with Crippen LogP contribution in [0.1, 0.15) is 28.1 Å². The molecular formula is C22H26N4O3S2. The lowest BCUT2D eigenvalue weighted by Crippen LogP contribution is -2.46. The van der Waals surface area contributed by atoms with E-state index in [1.807, 2.05) is 54.2 Å². The molecule has 4 rings (SSSR count). The SMILES string of the molecule is COc1ccccc1CC(=O)N1CCC(NC(=O)c2cc3sc(N(C)C)nc3s2)CC1. The summed E-state index contributed by atoms with van der Waals surface area (Å²) in [6.45, 7) is 1.29. The van der Waals surface area contributed by atoms with Crippen LogP contribution < -0.4 is 15.0 Å². The highest BCUT2D eigenvalue weighted by Gasteiger charge is 2.25. The molecule has 7 nitrogen and oxygen atoms in total. The molecule has 1 aliphatic rings. The zero-order chi connectivity index (χ0) is 22.0. The van der Waals surface area contributed by atoms with Gasteiger partial charge in [0.15, 0.2) is 5.13 Å². The summed E-state index contributed by atoms with van der Waals surface area (Å²) in [5, 5.41) is 4.07. The van der Waals surface area contributed by atoms with Crippen LogP contribution in [0.5, 0.6) is 5.75 Å². The molecule has 3 aromatic rings. The van der Waals surface area contributed by atoms with Crippen LogP contribution >= 0.6 is 22.7 Å². The second kappa shape index (κ2) is 9.23. The minimum Gasteiger partial charge on any atom is -0.496 e. The first-order valence-electron chi connectivity index (χ1n) is 10.2. The molecule has 0 unspecified atom stereocenters. The van der Waals surface area contributed by atoms with Crippen LogP contribution in [-0.4, -0.2) is 62.0 Å². The zero-order valence-corrected chi connectivity index (χ0v) is 19.5. The summed E-state index contributed by atoms with van der Waals surface area (Å²) in [6.07, 6.45) is 1.84. The van der Waals surface area contributed by atoms with Crippen LogP contribution in [0.4, 0.5) is 5.13 Å². The number of hydrogen-bond donors (Lipinski definition) is 1. The smallest absolute Gasteiger partial charge is 0.261 e. The van der Waals surface area contributed by atoms with Crippen LogP contribution in [0.3, 0.4) is 0 Å². The van der Waals surface area contributed by atoms with E-state index < -0.39 is 0 Å². The monoisotopic (exact) mass is 458 g/mol. The molecule has 0 radical (unpaired) electrons. The number of amides is 2. The summed E-state index contributed by atoms with van der Waals surface area (Å²) in [4.78, 5) is 35.4. The van der Waals surface area contributed by atoms with E-state index in [-0.39, 0.29) is 17.9 Å². The standard InChI is InChI=1S/C22H26N4O3S2/c1-25(2)22-24-21-18(31-22)13-17(30-21)20(28)23-15-8-10-26(11-9-15)19(27)12-14-6-4-5-7-16(14)29-3/h4-7,13,15H,8-12H2,1-3H3,(H,23,28). The number of hydrogen-bond acceptors (Lipinski definition) is 7. The van der Waals surface area contributed by atoms with E-state index in [0.717, 1.165) is 38.8 Å². The minimum atomic E-state index is -0.0552. The van der Waals surface area contributed by atoms with Gasteiger partial charge in [-0.05, 0) is 25.0 Å². The highest BCUT2D eigenvalue weighted by molar-refractivity contribution is 7.29. The lowest BCUT2D eigenvalue weighted by molar-refractivity contribution is -0.131. The van der Waals surface area contributed by atoms with Crippen molar-refractivity contribution in [3.8, 4) is 5.75 Å². The molecule has 2 amide bonds. The summed E-state index contributed by atoms with van der Waals surface area (Å²) in [7, 11) is 5.54. The Morgan fingerprint density at radius 2 is 1.97 bits per heavy atom. The predicted octanol–water partition coefficient (Wildman–Crippen LogP) is 3.40. The maximum absolute atomic E-state index is 12.7. The average molecular weight is 459 g/mol. The summed E-state index contributed by atoms with van der Waals surface area (Å²) >= 11 is 3.02. The van der Waals surface area contributed by atoms with Crippen molar-refractivity contribution in [1.82, 2.24) is 15.2 Å². The molecule has 0 saturated carbocycles. The normalized spacial score (nSPS) is 14.6. The average Bonchev–Trinajstić information content (AvgIpc) is 3.34. The molecule has 164 valence electrons. The molecule has 0 aliphatic carbocycles. The maximum atomic E-state index is 12.7. The number of ether oxygens (including phenoxy) is 1. The van der Waals surface area contributed by atoms with Gasteiger partial charge in [0, 0.05) is 38.8 Å². The molecule has 1 saturated heterocycles. The molecule has 0 bridgehead atoms. The Kier molecular flexibility index (Phi) is 6.43. The topological polar surface area (TPSA) is 74.8 Å². The largest absolute Gasteiger partial charge is 0.496 e. The second-order valence-electron chi connectivity index (χ2n) is 7.79. The van der Waals surface area contributed by atoms with Gasteiger partial charge in [-0.15, -0.1) is 11.3 Å². The quantitative estimate of drug-likeness (QED) is 0.613. The number of anilines is 1. The fourth-order valence-corrected chi connectivity index (χ4v) is 5.72. The number of carbonyl (C=O) groups is 2. The number of nitrogens with one attached hydrogen (secondary N) is 1. The van der Waals surface area contributed by atoms with Gasteiger partial charge in [0.2, 0.25) is 5.91 Å². The number of fused-ring (bicyclic) bond motifs is 1. The number of thiophene rings is 1. The van der Waals surface area contributed by atoms with Crippen LogP contribution in [0.25, 0.3) is 9.53 Å². The number of rotatable bonds is 6. The van der Waals surface area contributed by atoms with Crippen molar-refractivity contribution in [3.05, 3.63) is 40.8 Å². The Morgan fingerprint density at radius 1 is 1.23 bits per heavy atom. The number of benzene rings is 1. The number of likely N-dealkylation sites (tertiary alicyclic amines) is 1. The number of nitrogens with zero attached hydrogens (tertiary/aromatic N) is 3. The van der Waals surface area contributed by atoms with Gasteiger partial charge in [0.05, 0.1) is 23.1 Å². The van der Waals surface area contributed by atoms with Crippen molar-refractivity contribution in [2.45, 2.75) is 25.3 Å². The van der Waals surface area contributed by atoms with Gasteiger partial charge in [-0.1, -0.05) is 29.5 Å². The number of thiazole rings is 1. The molecule has 1 aromatic carbocycles. The summed E-state index contributed by atoms with van der Waals surface area (Å²) in [5.41, 5.74) is 0.897. The summed E-state index contributed by atoms with van der Waals surface area (Å²) in [6, 6.07) is 9.61. The van der Waals surface area contributed by atoms with Gasteiger partial charge in [-0.25, -0.2) is 4.98 Å². The molecule has 1 fully saturated rings. The van der Waals surface area contributed by atoms with E-state index in [4.69, 9.17) is 4.74 Å². The van der Waals surface area contributed by atoms with Crippen molar-refractivity contribution < 1.29 is 14.3 Å². The van der Waals surface area contributed by atoms with Crippen LogP contribution in [0.15, 0.2) is 30.3 Å². The van der Waals surface area contributed by atoms with Gasteiger partial charge in [-0.3, -0.25) is 9.59 Å². The van der Waals surface area contributed by atoms with E-state index in [0.29, 0.717) is 24.4 Å². The Hall–Kier alpha value is -2.65. The van der Waals surface area contributed by atoms with Crippen LogP contribution in [-0.2, 0) is 11.2 Å². The Morgan fingerprint density at radius 3 is 2.65 bits per heavy atom. The number of para-hydroxylation sites is 1. The molecule has 0 spiro atoms. The fraction of sp³-hybridized carbons (Fsp3) is 0.409. The van der Waals surface area contributed by atoms with Gasteiger partial charge in [0.1, 0.15) is 10.6 Å². The van der Waals surface area contributed by atoms with Crippen molar-refractivity contribution in [1.29, 1.82) is 0 Å². The lowest BCUT2D eigenvalue weighted by Gasteiger charge is -2.32. The van der Waals surface area contributed by atoms with E-state index in [2.05, 4.69) is 10.3 Å². The van der Waals surface area contributed by atoms with Gasteiger partial charge in [-0.2, -0.15) is 0 Å². The van der Waals surface area contributed by atoms with Crippen LogP contribution in [0, 0.1) is 0 Å². The van der Waals surface area contributed by atoms with Crippen LogP contribution in [0.2, 0.25) is 0 Å². The number of carbonyl (C=O) groups excluding carboxylic acids is 2. The maximum Gasteiger partial charge on any atom is 0.261 e. The Balaban J connectivity index is 1.30. The van der Waals surface area contributed by atoms with E-state index in [9.17, 15) is 9.59 Å². The molecule has 9 heteroatoms. The first-order chi connectivity index (χ1) is 14.9. The third-order valence-electron chi connectivity index (χ3n) is 5.40. The summed E-state index contributed by atoms with van der Waals surface area (Å²) in [5.74, 6) is 0.775. The first kappa shape index (κ1) is 21.6. The number of piperidine rings is 1. The molecule has 31 heavy (non-hydrogen) atoms. The van der Waals surface area contributed by atoms with Crippen molar-refractivity contribution in [3.63, 3.8) is 0 Å². The molecular weight excluding hydrogens is 432 g/mol. The minimum absolute atomic E-state index is 0.0552. The number of aromatic nitrogens is 1. The molecule has 3 heterocycles. The van der Waals surface area contributed by atoms with Crippen molar-refractivity contribution in [2.24, 2.45) is 0 Å². The van der Waals surface area contributed by atoms with Gasteiger partial charge in [0.25, 0.3) is 5.91 Å². The van der Waals surface area contributed by atoms with E-state index in [1.54, 1.807) is 18.4 Å². The molecule has 2 aromatic heterocycles. The second-order valence-corrected chi connectivity index (χ2v) is 9.83. The zero-order valence-electron chi connectivity index (χ0n) is 17.9. The fourth-order valence-electron chi connectivity index (χ4n) is 3.68. The molecule has 0 atom stereocenters. The van der Waals surface area contributed by atoms with Crippen molar-refractivity contribution in [2.75, 3.05) is 39.2 Å². The first-order valence-corrected chi connectivity index (χ1v) is 11.9. The Labute approximate surface area is 189 Å². The van der Waals surface area contributed by atoms with Gasteiger partial charge < -0.3 is 19.9 Å². The molecule has 1 aliphatic heterocycles. The number of methoxy groups -OCH3 is 1.